The van der Waals surface area contributed by atoms with Crippen molar-refractivity contribution in [2.24, 2.45) is 0 Å². The normalized spacial score (nSPS) is 19.6. The number of carbonyl (C=O) groups is 2. The van der Waals surface area contributed by atoms with Crippen molar-refractivity contribution in [3.63, 3.8) is 0 Å². The zero-order chi connectivity index (χ0) is 11.9. The van der Waals surface area contributed by atoms with Crippen LogP contribution in [-0.2, 0) is 4.79 Å². The van der Waals surface area contributed by atoms with Crippen molar-refractivity contribution in [1.29, 1.82) is 0 Å². The molecule has 5 heteroatoms. The summed E-state index contributed by atoms with van der Waals surface area (Å²) in [6.45, 7) is 1.87. The molecule has 1 heterocycles. The molecule has 0 spiro atoms. The molecule has 1 aliphatic rings. The highest BCUT2D eigenvalue weighted by molar-refractivity contribution is 8.00. The van der Waals surface area contributed by atoms with Crippen molar-refractivity contribution in [3.05, 3.63) is 23.8 Å². The summed E-state index contributed by atoms with van der Waals surface area (Å²) < 4.78 is 0. The fraction of sp³-hybridized carbons (Fsp3) is 0.273. The topological polar surface area (TPSA) is 37.4 Å². The third-order valence-electron chi connectivity index (χ3n) is 2.53. The highest BCUT2D eigenvalue weighted by atomic mass is 35.5. The van der Waals surface area contributed by atoms with E-state index >= 15 is 0 Å². The lowest BCUT2D eigenvalue weighted by Gasteiger charge is -2.29. The van der Waals surface area contributed by atoms with E-state index in [2.05, 4.69) is 0 Å². The molecule has 0 saturated carbocycles. The number of hydrogen-bond acceptors (Lipinski definition) is 3. The maximum absolute atomic E-state index is 11.8. The van der Waals surface area contributed by atoms with Crippen LogP contribution in [0.15, 0.2) is 23.1 Å². The second kappa shape index (κ2) is 4.11. The Morgan fingerprint density at radius 3 is 2.81 bits per heavy atom. The first kappa shape index (κ1) is 11.5. The number of nitrogens with zero attached hydrogens (tertiary/aromatic N) is 1. The van der Waals surface area contributed by atoms with Gasteiger partial charge in [-0.3, -0.25) is 9.59 Å². The summed E-state index contributed by atoms with van der Waals surface area (Å²) in [5.41, 5.74) is 1.16. The Balaban J connectivity index is 2.50. The molecule has 1 aromatic rings. The Morgan fingerprint density at radius 1 is 1.50 bits per heavy atom. The lowest BCUT2D eigenvalue weighted by atomic mass is 10.2. The lowest BCUT2D eigenvalue weighted by Crippen LogP contribution is -2.36. The number of thioether (sulfide) groups is 1. The molecule has 1 aromatic carbocycles. The summed E-state index contributed by atoms with van der Waals surface area (Å²) in [6, 6.07) is 5.16. The van der Waals surface area contributed by atoms with Crippen molar-refractivity contribution in [2.75, 3.05) is 11.9 Å². The van der Waals surface area contributed by atoms with Gasteiger partial charge in [0.2, 0.25) is 5.91 Å². The number of benzene rings is 1. The molecule has 0 bridgehead atoms. The predicted molar refractivity (Wildman–Crippen MR) is 65.4 cm³/mol. The number of hydrogen-bond donors (Lipinski definition) is 0. The number of fused-ring (bicyclic) bond motifs is 1. The monoisotopic (exact) mass is 255 g/mol. The molecule has 0 N–H and O–H groups in total. The van der Waals surface area contributed by atoms with Crippen LogP contribution in [0.2, 0.25) is 0 Å². The number of anilines is 1. The van der Waals surface area contributed by atoms with Crippen LogP contribution < -0.4 is 4.90 Å². The van der Waals surface area contributed by atoms with Crippen LogP contribution in [0.4, 0.5) is 5.69 Å². The first-order valence-corrected chi connectivity index (χ1v) is 6.04. The minimum Gasteiger partial charge on any atom is -0.313 e. The first-order chi connectivity index (χ1) is 7.50. The molecule has 1 amide bonds. The predicted octanol–water partition coefficient (Wildman–Crippen LogP) is 2.52. The van der Waals surface area contributed by atoms with E-state index in [0.29, 0.717) is 5.56 Å². The minimum atomic E-state index is -0.507. The van der Waals surface area contributed by atoms with E-state index in [9.17, 15) is 9.59 Å². The van der Waals surface area contributed by atoms with Crippen LogP contribution in [0.5, 0.6) is 0 Å². The van der Waals surface area contributed by atoms with E-state index in [1.807, 2.05) is 13.0 Å². The van der Waals surface area contributed by atoms with E-state index in [1.54, 1.807) is 24.1 Å². The van der Waals surface area contributed by atoms with Gasteiger partial charge in [-0.2, -0.15) is 0 Å². The molecule has 1 aliphatic heterocycles. The summed E-state index contributed by atoms with van der Waals surface area (Å²) >= 11 is 6.91. The van der Waals surface area contributed by atoms with Crippen LogP contribution in [-0.4, -0.2) is 23.4 Å². The molecule has 0 aromatic heterocycles. The number of amides is 1. The standard InChI is InChI=1S/C11H10ClNO2S/c1-6-11(15)13(2)8-5-7(10(12)14)3-4-9(8)16-6/h3-6H,1-2H3. The van der Waals surface area contributed by atoms with Crippen LogP contribution in [0.1, 0.15) is 17.3 Å². The van der Waals surface area contributed by atoms with Gasteiger partial charge in [-0.25, -0.2) is 0 Å². The van der Waals surface area contributed by atoms with Crippen LogP contribution in [0.25, 0.3) is 0 Å². The average Bonchev–Trinajstić information content (AvgIpc) is 2.25. The highest BCUT2D eigenvalue weighted by Crippen LogP contribution is 2.38. The molecule has 16 heavy (non-hydrogen) atoms. The second-order valence-electron chi connectivity index (χ2n) is 3.61. The molecule has 3 nitrogen and oxygen atoms in total. The fourth-order valence-corrected chi connectivity index (χ4v) is 2.85. The number of rotatable bonds is 1. The maximum Gasteiger partial charge on any atom is 0.252 e. The minimum absolute atomic E-state index is 0.0386. The maximum atomic E-state index is 11.8. The van der Waals surface area contributed by atoms with Crippen LogP contribution in [0.3, 0.4) is 0 Å². The fourth-order valence-electron chi connectivity index (χ4n) is 1.63. The van der Waals surface area contributed by atoms with Gasteiger partial charge in [0.25, 0.3) is 5.24 Å². The quantitative estimate of drug-likeness (QED) is 0.724. The van der Waals surface area contributed by atoms with Crippen molar-refractivity contribution in [1.82, 2.24) is 0 Å². The van der Waals surface area contributed by atoms with Crippen LogP contribution in [0, 0.1) is 0 Å². The molecule has 1 atom stereocenters. The van der Waals surface area contributed by atoms with Crippen molar-refractivity contribution < 1.29 is 9.59 Å². The van der Waals surface area contributed by atoms with Crippen molar-refractivity contribution >= 4 is 40.2 Å². The van der Waals surface area contributed by atoms with Crippen LogP contribution >= 0.6 is 23.4 Å². The molecule has 0 radical (unpaired) electrons. The van der Waals surface area contributed by atoms with Gasteiger partial charge in [0, 0.05) is 17.5 Å². The van der Waals surface area contributed by atoms with Crippen molar-refractivity contribution in [2.45, 2.75) is 17.1 Å². The van der Waals surface area contributed by atoms with E-state index < -0.39 is 5.24 Å². The van der Waals surface area contributed by atoms with Gasteiger partial charge >= 0.3 is 0 Å². The first-order valence-electron chi connectivity index (χ1n) is 4.79. The molecule has 1 unspecified atom stereocenters. The smallest absolute Gasteiger partial charge is 0.252 e. The summed E-state index contributed by atoms with van der Waals surface area (Å²) in [5, 5.41) is -0.595. The molecule has 0 fully saturated rings. The zero-order valence-corrected chi connectivity index (χ0v) is 10.4. The summed E-state index contributed by atoms with van der Waals surface area (Å²) in [4.78, 5) is 25.4. The average molecular weight is 256 g/mol. The molecular formula is C11H10ClNO2S. The zero-order valence-electron chi connectivity index (χ0n) is 8.86. The largest absolute Gasteiger partial charge is 0.313 e. The Morgan fingerprint density at radius 2 is 2.19 bits per heavy atom. The Kier molecular flexibility index (Phi) is 2.95. The third kappa shape index (κ3) is 1.83. The Bertz CT molecular complexity index is 475. The Labute approximate surface area is 103 Å². The molecular weight excluding hydrogens is 246 g/mol. The van der Waals surface area contributed by atoms with Gasteiger partial charge in [-0.1, -0.05) is 0 Å². The summed E-state index contributed by atoms with van der Waals surface area (Å²) in [5.74, 6) is 0.0386. The number of halogens is 1. The molecule has 84 valence electrons. The summed E-state index contributed by atoms with van der Waals surface area (Å²) in [6.07, 6.45) is 0. The summed E-state index contributed by atoms with van der Waals surface area (Å²) in [7, 11) is 1.71. The molecule has 0 aliphatic carbocycles. The SMILES string of the molecule is CC1Sc2ccc(C(=O)Cl)cc2N(C)C1=O. The number of carbonyl (C=O) groups excluding carboxylic acids is 2. The van der Waals surface area contributed by atoms with Gasteiger partial charge in [0.05, 0.1) is 10.9 Å². The van der Waals surface area contributed by atoms with Gasteiger partial charge in [0.15, 0.2) is 0 Å². The molecule has 0 saturated heterocycles. The molecule has 2 rings (SSSR count). The van der Waals surface area contributed by atoms with Gasteiger partial charge < -0.3 is 4.90 Å². The second-order valence-corrected chi connectivity index (χ2v) is 5.34. The van der Waals surface area contributed by atoms with E-state index in [0.717, 1.165) is 10.6 Å². The van der Waals surface area contributed by atoms with E-state index in [4.69, 9.17) is 11.6 Å². The third-order valence-corrected chi connectivity index (χ3v) is 3.90. The Hall–Kier alpha value is -1.00. The van der Waals surface area contributed by atoms with E-state index in [-0.39, 0.29) is 11.2 Å². The van der Waals surface area contributed by atoms with E-state index in [1.165, 1.54) is 11.8 Å². The highest BCUT2D eigenvalue weighted by Gasteiger charge is 2.28. The van der Waals surface area contributed by atoms with Gasteiger partial charge in [-0.05, 0) is 36.7 Å². The van der Waals surface area contributed by atoms with Crippen molar-refractivity contribution in [3.8, 4) is 0 Å². The van der Waals surface area contributed by atoms with Gasteiger partial charge in [0.1, 0.15) is 0 Å². The lowest BCUT2D eigenvalue weighted by molar-refractivity contribution is -0.117. The van der Waals surface area contributed by atoms with Gasteiger partial charge in [-0.15, -0.1) is 11.8 Å².